The van der Waals surface area contributed by atoms with Gasteiger partial charge in [-0.15, -0.1) is 0 Å². The molecule has 0 atom stereocenters. The fraction of sp³-hybridized carbons (Fsp3) is 0.375. The van der Waals surface area contributed by atoms with Gasteiger partial charge in [0.25, 0.3) is 5.91 Å². The van der Waals surface area contributed by atoms with E-state index < -0.39 is 16.0 Å². The van der Waals surface area contributed by atoms with Gasteiger partial charge in [0.1, 0.15) is 0 Å². The Hall–Kier alpha value is -3.48. The number of carbonyl (C=O) groups excluding carboxylic acids is 2. The van der Waals surface area contributed by atoms with Gasteiger partial charge in [-0.1, -0.05) is 17.7 Å². The highest BCUT2D eigenvalue weighted by atomic mass is 32.2. The monoisotopic (exact) mass is 518 g/mol. The molecule has 12 heteroatoms. The Balaban J connectivity index is 1.54. The van der Waals surface area contributed by atoms with Gasteiger partial charge in [-0.25, -0.2) is 13.8 Å². The van der Waals surface area contributed by atoms with E-state index in [9.17, 15) is 18.0 Å². The van der Waals surface area contributed by atoms with E-state index >= 15 is 0 Å². The number of esters is 1. The van der Waals surface area contributed by atoms with Crippen LogP contribution >= 0.6 is 0 Å². The van der Waals surface area contributed by atoms with Gasteiger partial charge < -0.3 is 14.2 Å². The average molecular weight is 519 g/mol. The Labute approximate surface area is 210 Å². The quantitative estimate of drug-likeness (QED) is 0.228. The first-order valence-corrected chi connectivity index (χ1v) is 12.6. The van der Waals surface area contributed by atoms with Crippen molar-refractivity contribution in [2.45, 2.75) is 18.7 Å². The van der Waals surface area contributed by atoms with Crippen LogP contribution in [-0.2, 0) is 19.6 Å². The van der Waals surface area contributed by atoms with E-state index in [0.717, 1.165) is 5.56 Å². The second kappa shape index (κ2) is 12.0. The maximum absolute atomic E-state index is 12.8. The Morgan fingerprint density at radius 2 is 1.61 bits per heavy atom. The second-order valence-electron chi connectivity index (χ2n) is 8.13. The Bertz CT molecular complexity index is 1200. The molecule has 2 aromatic carbocycles. The fourth-order valence-electron chi connectivity index (χ4n) is 3.62. The number of carbonyl (C=O) groups is 2. The number of piperazine rings is 1. The van der Waals surface area contributed by atoms with E-state index in [1.54, 1.807) is 36.4 Å². The van der Waals surface area contributed by atoms with Crippen molar-refractivity contribution in [1.29, 1.82) is 0 Å². The normalized spacial score (nSPS) is 15.0. The lowest BCUT2D eigenvalue weighted by Crippen LogP contribution is -2.50. The smallest absolute Gasteiger partial charge is 0.308 e. The van der Waals surface area contributed by atoms with Crippen molar-refractivity contribution in [2.75, 3.05) is 46.9 Å². The van der Waals surface area contributed by atoms with E-state index in [4.69, 9.17) is 14.2 Å². The average Bonchev–Trinajstić information content (AvgIpc) is 2.85. The summed E-state index contributed by atoms with van der Waals surface area (Å²) in [5.74, 6) is -0.158. The summed E-state index contributed by atoms with van der Waals surface area (Å²) in [6, 6.07) is 9.94. The summed E-state index contributed by atoms with van der Waals surface area (Å²) >= 11 is 0. The first-order valence-electron chi connectivity index (χ1n) is 11.2. The van der Waals surface area contributed by atoms with Crippen LogP contribution in [0.3, 0.4) is 0 Å². The molecule has 3 rings (SSSR count). The van der Waals surface area contributed by atoms with Crippen molar-refractivity contribution in [3.05, 3.63) is 47.5 Å². The van der Waals surface area contributed by atoms with Gasteiger partial charge in [-0.3, -0.25) is 14.5 Å². The third-order valence-corrected chi connectivity index (χ3v) is 7.40. The van der Waals surface area contributed by atoms with Crippen molar-refractivity contribution in [2.24, 2.45) is 5.10 Å². The van der Waals surface area contributed by atoms with Crippen LogP contribution < -0.4 is 19.6 Å². The van der Waals surface area contributed by atoms with Crippen LogP contribution in [0.1, 0.15) is 18.1 Å². The van der Waals surface area contributed by atoms with Gasteiger partial charge in [0.2, 0.25) is 15.8 Å². The lowest BCUT2D eigenvalue weighted by atomic mass is 10.2. The number of nitrogens with zero attached hydrogens (tertiary/aromatic N) is 3. The second-order valence-corrected chi connectivity index (χ2v) is 10.1. The molecule has 0 aromatic heterocycles. The fourth-order valence-corrected chi connectivity index (χ4v) is 5.05. The predicted molar refractivity (Wildman–Crippen MR) is 133 cm³/mol. The molecule has 36 heavy (non-hydrogen) atoms. The number of sulfonamides is 1. The summed E-state index contributed by atoms with van der Waals surface area (Å²) in [6.45, 7) is 4.68. The minimum atomic E-state index is -3.56. The van der Waals surface area contributed by atoms with Gasteiger partial charge >= 0.3 is 5.97 Å². The zero-order chi connectivity index (χ0) is 26.3. The number of rotatable bonds is 9. The van der Waals surface area contributed by atoms with Gasteiger partial charge in [-0.05, 0) is 31.2 Å². The van der Waals surface area contributed by atoms with Gasteiger partial charge in [0.05, 0.1) is 31.9 Å². The molecular formula is C24H30N4O7S. The number of benzene rings is 2. The highest BCUT2D eigenvalue weighted by Gasteiger charge is 2.29. The molecule has 0 spiro atoms. The largest absolute Gasteiger partial charge is 0.493 e. The van der Waals surface area contributed by atoms with Crippen molar-refractivity contribution in [3.63, 3.8) is 0 Å². The summed E-state index contributed by atoms with van der Waals surface area (Å²) in [5, 5.41) is 3.97. The number of aryl methyl sites for hydroxylation is 1. The van der Waals surface area contributed by atoms with Crippen molar-refractivity contribution in [1.82, 2.24) is 14.6 Å². The Morgan fingerprint density at radius 1 is 1.03 bits per heavy atom. The lowest BCUT2D eigenvalue weighted by molar-refractivity contribution is -0.132. The number of hydrazone groups is 1. The van der Waals surface area contributed by atoms with E-state index in [-0.39, 0.29) is 34.6 Å². The standard InChI is InChI=1S/C24H30N4O7S/c1-17-5-7-20(8-6-17)36(31,32)28-11-9-27(10-12-28)16-23(30)26-25-15-19-13-21(33-3)24(35-18(2)29)22(14-19)34-4/h5-8,13-15H,9-12,16H2,1-4H3,(H,26,30)/b25-15+. The summed E-state index contributed by atoms with van der Waals surface area (Å²) in [7, 11) is -0.709. The predicted octanol–water partition coefficient (Wildman–Crippen LogP) is 1.39. The summed E-state index contributed by atoms with van der Waals surface area (Å²) in [4.78, 5) is 25.8. The van der Waals surface area contributed by atoms with Crippen molar-refractivity contribution >= 4 is 28.1 Å². The van der Waals surface area contributed by atoms with Crippen molar-refractivity contribution in [3.8, 4) is 17.2 Å². The molecule has 0 unspecified atom stereocenters. The molecule has 1 saturated heterocycles. The lowest BCUT2D eigenvalue weighted by Gasteiger charge is -2.33. The highest BCUT2D eigenvalue weighted by Crippen LogP contribution is 2.38. The number of ether oxygens (including phenoxy) is 3. The first kappa shape index (κ1) is 27.1. The van der Waals surface area contributed by atoms with E-state index in [0.29, 0.717) is 31.7 Å². The van der Waals surface area contributed by atoms with E-state index in [2.05, 4.69) is 10.5 Å². The molecule has 2 aromatic rings. The molecule has 1 N–H and O–H groups in total. The van der Waals surface area contributed by atoms with Gasteiger partial charge in [-0.2, -0.15) is 9.41 Å². The van der Waals surface area contributed by atoms with Crippen LogP contribution in [0.25, 0.3) is 0 Å². The Kier molecular flexibility index (Phi) is 9.02. The summed E-state index contributed by atoms with van der Waals surface area (Å²) in [6.07, 6.45) is 1.41. The van der Waals surface area contributed by atoms with Crippen LogP contribution in [0, 0.1) is 6.92 Å². The third kappa shape index (κ3) is 6.80. The minimum absolute atomic E-state index is 0.0772. The van der Waals surface area contributed by atoms with Crippen LogP contribution in [-0.4, -0.2) is 82.7 Å². The summed E-state index contributed by atoms with van der Waals surface area (Å²) < 4.78 is 42.8. The number of amides is 1. The molecule has 1 amide bonds. The first-order chi connectivity index (χ1) is 17.1. The topological polar surface area (TPSA) is 127 Å². The SMILES string of the molecule is COc1cc(/C=N/NC(=O)CN2CCN(S(=O)(=O)c3ccc(C)cc3)CC2)cc(OC)c1OC(C)=O. The molecular weight excluding hydrogens is 488 g/mol. The van der Waals surface area contributed by atoms with Gasteiger partial charge in [0, 0.05) is 38.7 Å². The number of methoxy groups -OCH3 is 2. The third-order valence-electron chi connectivity index (χ3n) is 5.49. The van der Waals surface area contributed by atoms with Crippen LogP contribution in [0.5, 0.6) is 17.2 Å². The van der Waals surface area contributed by atoms with E-state index in [1.807, 2.05) is 11.8 Å². The molecule has 1 aliphatic rings. The van der Waals surface area contributed by atoms with Crippen molar-refractivity contribution < 1.29 is 32.2 Å². The maximum Gasteiger partial charge on any atom is 0.308 e. The zero-order valence-corrected chi connectivity index (χ0v) is 21.5. The molecule has 0 aliphatic carbocycles. The van der Waals surface area contributed by atoms with Gasteiger partial charge in [0.15, 0.2) is 11.5 Å². The molecule has 1 aliphatic heterocycles. The van der Waals surface area contributed by atoms with E-state index in [1.165, 1.54) is 31.7 Å². The number of hydrogen-bond donors (Lipinski definition) is 1. The molecule has 0 bridgehead atoms. The zero-order valence-electron chi connectivity index (χ0n) is 20.7. The summed E-state index contributed by atoms with van der Waals surface area (Å²) in [5.41, 5.74) is 4.00. The minimum Gasteiger partial charge on any atom is -0.493 e. The number of hydrogen-bond acceptors (Lipinski definition) is 9. The van der Waals surface area contributed by atoms with Crippen LogP contribution in [0.2, 0.25) is 0 Å². The molecule has 1 heterocycles. The highest BCUT2D eigenvalue weighted by molar-refractivity contribution is 7.89. The molecule has 0 saturated carbocycles. The van der Waals surface area contributed by atoms with Crippen LogP contribution in [0.15, 0.2) is 46.4 Å². The van der Waals surface area contributed by atoms with Crippen LogP contribution in [0.4, 0.5) is 0 Å². The molecule has 1 fully saturated rings. The maximum atomic E-state index is 12.8. The number of nitrogens with one attached hydrogen (secondary N) is 1. The molecule has 0 radical (unpaired) electrons. The Morgan fingerprint density at radius 3 is 2.14 bits per heavy atom. The molecule has 194 valence electrons. The molecule has 11 nitrogen and oxygen atoms in total.